The molecule has 0 N–H and O–H groups in total. The Morgan fingerprint density at radius 2 is 2.00 bits per heavy atom. The molecule has 6 heteroatoms. The van der Waals surface area contributed by atoms with Crippen LogP contribution in [-0.2, 0) is 25.3 Å². The zero-order valence-electron chi connectivity index (χ0n) is 14.7. The highest BCUT2D eigenvalue weighted by molar-refractivity contribution is 5.87. The molecule has 0 amide bonds. The lowest BCUT2D eigenvalue weighted by Gasteiger charge is -2.17. The molecule has 2 heterocycles. The second-order valence-electron chi connectivity index (χ2n) is 6.11. The van der Waals surface area contributed by atoms with Crippen LogP contribution < -0.4 is 0 Å². The number of imidazole rings is 1. The highest BCUT2D eigenvalue weighted by Crippen LogP contribution is 2.23. The van der Waals surface area contributed by atoms with Gasteiger partial charge in [0.2, 0.25) is 0 Å². The number of nitrogens with zero attached hydrogens (tertiary/aromatic N) is 4. The Balaban J connectivity index is 1.76. The van der Waals surface area contributed by atoms with Crippen LogP contribution in [0.15, 0.2) is 48.8 Å². The Morgan fingerprint density at radius 1 is 1.24 bits per heavy atom. The van der Waals surface area contributed by atoms with Crippen molar-refractivity contribution in [3.8, 4) is 0 Å². The summed E-state index contributed by atoms with van der Waals surface area (Å²) in [6, 6.07) is 11.9. The number of aromatic nitrogens is 4. The van der Waals surface area contributed by atoms with Gasteiger partial charge < -0.3 is 9.30 Å². The number of carbonyl (C=O) groups excluding carboxylic acids is 1. The third-order valence-corrected chi connectivity index (χ3v) is 4.26. The van der Waals surface area contributed by atoms with Crippen molar-refractivity contribution in [2.75, 3.05) is 0 Å². The van der Waals surface area contributed by atoms with Crippen molar-refractivity contribution < 1.29 is 9.53 Å². The lowest BCUT2D eigenvalue weighted by atomic mass is 10.1. The first-order valence-electron chi connectivity index (χ1n) is 8.27. The third-order valence-electron chi connectivity index (χ3n) is 4.26. The van der Waals surface area contributed by atoms with Crippen LogP contribution in [0.5, 0.6) is 0 Å². The molecule has 3 rings (SSSR count). The highest BCUT2D eigenvalue weighted by Gasteiger charge is 2.23. The summed E-state index contributed by atoms with van der Waals surface area (Å²) in [6.45, 7) is 1.90. The number of benzene rings is 1. The molecular formula is C19H22N4O2. The minimum Gasteiger partial charge on any atom is -0.449 e. The number of aryl methyl sites for hydroxylation is 4. The quantitative estimate of drug-likeness (QED) is 0.648. The molecular weight excluding hydrogens is 316 g/mol. The summed E-state index contributed by atoms with van der Waals surface area (Å²) in [4.78, 5) is 16.9. The van der Waals surface area contributed by atoms with Gasteiger partial charge in [-0.25, -0.2) is 9.78 Å². The van der Waals surface area contributed by atoms with Crippen molar-refractivity contribution in [2.24, 2.45) is 14.1 Å². The topological polar surface area (TPSA) is 61.9 Å². The molecule has 0 spiro atoms. The van der Waals surface area contributed by atoms with Gasteiger partial charge in [-0.1, -0.05) is 30.3 Å². The van der Waals surface area contributed by atoms with Crippen LogP contribution in [-0.4, -0.2) is 25.3 Å². The Hall–Kier alpha value is -2.89. The van der Waals surface area contributed by atoms with Crippen LogP contribution in [0.3, 0.4) is 0 Å². The number of hydrogen-bond acceptors (Lipinski definition) is 4. The molecule has 0 radical (unpaired) electrons. The maximum Gasteiger partial charge on any atom is 0.359 e. The summed E-state index contributed by atoms with van der Waals surface area (Å²) in [5, 5.41) is 4.20. The predicted octanol–water partition coefficient (Wildman–Crippen LogP) is 2.99. The Labute approximate surface area is 147 Å². The van der Waals surface area contributed by atoms with E-state index < -0.39 is 12.1 Å². The Bertz CT molecular complexity index is 832. The summed E-state index contributed by atoms with van der Waals surface area (Å²) in [5.74, 6) is 0.307. The van der Waals surface area contributed by atoms with Crippen molar-refractivity contribution in [2.45, 2.75) is 25.9 Å². The summed E-state index contributed by atoms with van der Waals surface area (Å²) in [5.41, 5.74) is 2.43. The molecule has 25 heavy (non-hydrogen) atoms. The van der Waals surface area contributed by atoms with Crippen molar-refractivity contribution in [1.82, 2.24) is 19.3 Å². The molecule has 0 bridgehead atoms. The van der Waals surface area contributed by atoms with Crippen molar-refractivity contribution in [1.29, 1.82) is 0 Å². The minimum atomic E-state index is -0.426. The van der Waals surface area contributed by atoms with Gasteiger partial charge in [-0.3, -0.25) is 4.68 Å². The van der Waals surface area contributed by atoms with E-state index in [1.165, 1.54) is 5.56 Å². The van der Waals surface area contributed by atoms with Crippen LogP contribution in [0.25, 0.3) is 0 Å². The van der Waals surface area contributed by atoms with Crippen LogP contribution in [0, 0.1) is 6.92 Å². The highest BCUT2D eigenvalue weighted by atomic mass is 16.5. The van der Waals surface area contributed by atoms with E-state index in [0.717, 1.165) is 17.9 Å². The summed E-state index contributed by atoms with van der Waals surface area (Å²) >= 11 is 0. The Kier molecular flexibility index (Phi) is 4.97. The molecule has 6 nitrogen and oxygen atoms in total. The molecule has 0 saturated heterocycles. The van der Waals surface area contributed by atoms with Gasteiger partial charge in [0.1, 0.15) is 5.82 Å². The first kappa shape index (κ1) is 17.0. The normalized spacial score (nSPS) is 12.1. The average Bonchev–Trinajstić information content (AvgIpc) is 3.18. The smallest absolute Gasteiger partial charge is 0.359 e. The number of rotatable bonds is 6. The maximum absolute atomic E-state index is 12.5. The van der Waals surface area contributed by atoms with Crippen LogP contribution in [0.2, 0.25) is 0 Å². The van der Waals surface area contributed by atoms with E-state index in [0.29, 0.717) is 12.1 Å². The van der Waals surface area contributed by atoms with E-state index in [1.54, 1.807) is 24.0 Å². The van der Waals surface area contributed by atoms with Gasteiger partial charge in [0.05, 0.1) is 0 Å². The number of esters is 1. The maximum atomic E-state index is 12.5. The van der Waals surface area contributed by atoms with Gasteiger partial charge in [0.25, 0.3) is 0 Å². The third kappa shape index (κ3) is 3.96. The monoisotopic (exact) mass is 338 g/mol. The van der Waals surface area contributed by atoms with Gasteiger partial charge in [-0.05, 0) is 31.4 Å². The second kappa shape index (κ2) is 7.34. The minimum absolute atomic E-state index is 0.318. The lowest BCUT2D eigenvalue weighted by molar-refractivity contribution is 0.0242. The fourth-order valence-corrected chi connectivity index (χ4v) is 2.72. The van der Waals surface area contributed by atoms with Gasteiger partial charge >= 0.3 is 5.97 Å². The average molecular weight is 338 g/mol. The first-order chi connectivity index (χ1) is 12.0. The number of ether oxygens (including phenoxy) is 1. The molecule has 2 aromatic heterocycles. The lowest BCUT2D eigenvalue weighted by Crippen LogP contribution is -2.16. The molecule has 130 valence electrons. The number of hydrogen-bond donors (Lipinski definition) is 0. The van der Waals surface area contributed by atoms with E-state index >= 15 is 0 Å². The number of carbonyl (C=O) groups is 1. The van der Waals surface area contributed by atoms with Crippen LogP contribution >= 0.6 is 0 Å². The molecule has 0 aliphatic carbocycles. The van der Waals surface area contributed by atoms with E-state index in [1.807, 2.05) is 42.9 Å². The van der Waals surface area contributed by atoms with Crippen LogP contribution in [0.1, 0.15) is 40.1 Å². The largest absolute Gasteiger partial charge is 0.449 e. The van der Waals surface area contributed by atoms with Gasteiger partial charge in [-0.15, -0.1) is 0 Å². The molecule has 0 aliphatic rings. The molecule has 0 aliphatic heterocycles. The summed E-state index contributed by atoms with van der Waals surface area (Å²) in [7, 11) is 3.70. The second-order valence-corrected chi connectivity index (χ2v) is 6.11. The molecule has 1 atom stereocenters. The Morgan fingerprint density at radius 3 is 2.60 bits per heavy atom. The fourth-order valence-electron chi connectivity index (χ4n) is 2.72. The van der Waals surface area contributed by atoms with Gasteiger partial charge in [-0.2, -0.15) is 5.10 Å². The zero-order chi connectivity index (χ0) is 17.8. The van der Waals surface area contributed by atoms with Crippen molar-refractivity contribution >= 4 is 5.97 Å². The molecule has 3 aromatic rings. The summed E-state index contributed by atoms with van der Waals surface area (Å²) < 4.78 is 9.30. The van der Waals surface area contributed by atoms with E-state index in [2.05, 4.69) is 22.2 Å². The van der Waals surface area contributed by atoms with Gasteiger partial charge in [0.15, 0.2) is 11.8 Å². The van der Waals surface area contributed by atoms with E-state index in [4.69, 9.17) is 4.74 Å². The predicted molar refractivity (Wildman–Crippen MR) is 94.1 cm³/mol. The standard InChI is InChI=1S/C19H22N4O2/c1-14-13-16(21-23(14)3)19(24)25-17(18-20-11-12-22(18)2)10-9-15-7-5-4-6-8-15/h4-8,11-13,17H,9-10H2,1-3H3/t17-/m0/s1. The molecule has 0 unspecified atom stereocenters. The molecule has 0 fully saturated rings. The molecule has 1 aromatic carbocycles. The van der Waals surface area contributed by atoms with Gasteiger partial charge in [0, 0.05) is 32.2 Å². The first-order valence-corrected chi connectivity index (χ1v) is 8.27. The fraction of sp³-hybridized carbons (Fsp3) is 0.316. The molecule has 0 saturated carbocycles. The van der Waals surface area contributed by atoms with Crippen molar-refractivity contribution in [3.05, 3.63) is 71.6 Å². The van der Waals surface area contributed by atoms with E-state index in [-0.39, 0.29) is 0 Å². The van der Waals surface area contributed by atoms with Crippen LogP contribution in [0.4, 0.5) is 0 Å². The van der Waals surface area contributed by atoms with E-state index in [9.17, 15) is 4.79 Å². The summed E-state index contributed by atoms with van der Waals surface area (Å²) in [6.07, 6.45) is 4.60. The SMILES string of the molecule is Cc1cc(C(=O)O[C@@H](CCc2ccccc2)c2nccn2C)nn1C. The zero-order valence-corrected chi connectivity index (χ0v) is 14.7. The van der Waals surface area contributed by atoms with Crippen molar-refractivity contribution in [3.63, 3.8) is 0 Å².